The second kappa shape index (κ2) is 13.2. The summed E-state index contributed by atoms with van der Waals surface area (Å²) in [7, 11) is 0. The SMILES string of the molecule is CCCCC(CC)CN(CC(CC)CCCC)c1cccc(C(C)C)c1. The molecule has 2 unspecified atom stereocenters. The van der Waals surface area contributed by atoms with Crippen molar-refractivity contribution in [2.75, 3.05) is 18.0 Å². The zero-order valence-corrected chi connectivity index (χ0v) is 18.6. The van der Waals surface area contributed by atoms with E-state index in [9.17, 15) is 0 Å². The van der Waals surface area contributed by atoms with E-state index in [1.165, 1.54) is 75.7 Å². The van der Waals surface area contributed by atoms with Crippen LogP contribution in [0.15, 0.2) is 24.3 Å². The number of nitrogens with zero attached hydrogens (tertiary/aromatic N) is 1. The fourth-order valence-electron chi connectivity index (χ4n) is 3.82. The molecule has 1 aromatic rings. The van der Waals surface area contributed by atoms with Gasteiger partial charge in [0.25, 0.3) is 0 Å². The van der Waals surface area contributed by atoms with E-state index < -0.39 is 0 Å². The van der Waals surface area contributed by atoms with Crippen LogP contribution in [0.25, 0.3) is 0 Å². The molecular formula is C25H45N. The zero-order valence-electron chi connectivity index (χ0n) is 18.6. The van der Waals surface area contributed by atoms with Crippen LogP contribution in [0.2, 0.25) is 0 Å². The zero-order chi connectivity index (χ0) is 19.4. The molecule has 0 heterocycles. The molecule has 0 bridgehead atoms. The maximum Gasteiger partial charge on any atom is 0.0369 e. The first kappa shape index (κ1) is 23.1. The Bertz CT molecular complexity index is 447. The Kier molecular flexibility index (Phi) is 11.7. The molecule has 0 N–H and O–H groups in total. The van der Waals surface area contributed by atoms with Crippen molar-refractivity contribution < 1.29 is 0 Å². The third-order valence-corrected chi connectivity index (χ3v) is 5.95. The van der Waals surface area contributed by atoms with Gasteiger partial charge in [-0.15, -0.1) is 0 Å². The quantitative estimate of drug-likeness (QED) is 0.325. The third kappa shape index (κ3) is 8.14. The van der Waals surface area contributed by atoms with Gasteiger partial charge in [-0.2, -0.15) is 0 Å². The number of hydrogen-bond donors (Lipinski definition) is 0. The largest absolute Gasteiger partial charge is 0.371 e. The molecule has 1 heteroatoms. The first-order chi connectivity index (χ1) is 12.5. The van der Waals surface area contributed by atoms with Crippen molar-refractivity contribution in [2.24, 2.45) is 11.8 Å². The minimum absolute atomic E-state index is 0.598. The number of rotatable bonds is 14. The lowest BCUT2D eigenvalue weighted by Crippen LogP contribution is -2.34. The Balaban J connectivity index is 2.97. The molecule has 2 atom stereocenters. The smallest absolute Gasteiger partial charge is 0.0369 e. The normalized spacial score (nSPS) is 13.8. The van der Waals surface area contributed by atoms with Crippen molar-refractivity contribution in [2.45, 2.75) is 98.8 Å². The van der Waals surface area contributed by atoms with Gasteiger partial charge in [-0.05, 0) is 48.3 Å². The summed E-state index contributed by atoms with van der Waals surface area (Å²) in [5.41, 5.74) is 2.91. The molecule has 1 rings (SSSR count). The molecule has 1 aromatic carbocycles. The summed E-state index contributed by atoms with van der Waals surface area (Å²) in [6.07, 6.45) is 10.7. The molecule has 0 saturated heterocycles. The summed E-state index contributed by atoms with van der Waals surface area (Å²) in [6, 6.07) is 9.33. The van der Waals surface area contributed by atoms with Gasteiger partial charge in [0.1, 0.15) is 0 Å². The third-order valence-electron chi connectivity index (χ3n) is 5.95. The highest BCUT2D eigenvalue weighted by molar-refractivity contribution is 5.49. The van der Waals surface area contributed by atoms with Gasteiger partial charge in [-0.3, -0.25) is 0 Å². The van der Waals surface area contributed by atoms with Crippen LogP contribution in [0.4, 0.5) is 5.69 Å². The van der Waals surface area contributed by atoms with E-state index in [4.69, 9.17) is 0 Å². The van der Waals surface area contributed by atoms with Crippen LogP contribution in [-0.4, -0.2) is 13.1 Å². The topological polar surface area (TPSA) is 3.24 Å². The van der Waals surface area contributed by atoms with E-state index in [2.05, 4.69) is 70.7 Å². The predicted molar refractivity (Wildman–Crippen MR) is 119 cm³/mol. The summed E-state index contributed by atoms with van der Waals surface area (Å²) in [5, 5.41) is 0. The van der Waals surface area contributed by atoms with Gasteiger partial charge in [0, 0.05) is 18.8 Å². The van der Waals surface area contributed by atoms with Crippen LogP contribution >= 0.6 is 0 Å². The number of unbranched alkanes of at least 4 members (excludes halogenated alkanes) is 2. The second-order valence-electron chi connectivity index (χ2n) is 8.49. The minimum Gasteiger partial charge on any atom is -0.371 e. The summed E-state index contributed by atoms with van der Waals surface area (Å²) >= 11 is 0. The van der Waals surface area contributed by atoms with Gasteiger partial charge in [-0.1, -0.05) is 92.2 Å². The molecule has 0 amide bonds. The molecule has 0 aromatic heterocycles. The van der Waals surface area contributed by atoms with E-state index >= 15 is 0 Å². The van der Waals surface area contributed by atoms with Crippen molar-refractivity contribution >= 4 is 5.69 Å². The molecule has 0 fully saturated rings. The van der Waals surface area contributed by atoms with Crippen molar-refractivity contribution in [3.05, 3.63) is 29.8 Å². The van der Waals surface area contributed by atoms with E-state index in [-0.39, 0.29) is 0 Å². The second-order valence-corrected chi connectivity index (χ2v) is 8.49. The van der Waals surface area contributed by atoms with Crippen molar-refractivity contribution in [1.29, 1.82) is 0 Å². The number of benzene rings is 1. The Morgan fingerprint density at radius 1 is 0.808 bits per heavy atom. The van der Waals surface area contributed by atoms with Crippen LogP contribution in [-0.2, 0) is 0 Å². The maximum absolute atomic E-state index is 2.72. The lowest BCUT2D eigenvalue weighted by Gasteiger charge is -2.33. The molecule has 0 aliphatic rings. The van der Waals surface area contributed by atoms with Gasteiger partial charge >= 0.3 is 0 Å². The van der Waals surface area contributed by atoms with Gasteiger partial charge in [-0.25, -0.2) is 0 Å². The summed E-state index contributed by atoms with van der Waals surface area (Å²) < 4.78 is 0. The van der Waals surface area contributed by atoms with Crippen LogP contribution in [0.5, 0.6) is 0 Å². The van der Waals surface area contributed by atoms with Crippen LogP contribution in [0.3, 0.4) is 0 Å². The van der Waals surface area contributed by atoms with Crippen LogP contribution in [0, 0.1) is 11.8 Å². The fraction of sp³-hybridized carbons (Fsp3) is 0.760. The number of anilines is 1. The van der Waals surface area contributed by atoms with Crippen molar-refractivity contribution in [3.8, 4) is 0 Å². The van der Waals surface area contributed by atoms with Gasteiger partial charge in [0.05, 0.1) is 0 Å². The summed E-state index contributed by atoms with van der Waals surface area (Å²) in [5.74, 6) is 2.24. The van der Waals surface area contributed by atoms with Crippen molar-refractivity contribution in [3.63, 3.8) is 0 Å². The Hall–Kier alpha value is -0.980. The van der Waals surface area contributed by atoms with E-state index in [0.717, 1.165) is 11.8 Å². The summed E-state index contributed by atoms with van der Waals surface area (Å²) in [6.45, 7) is 16.4. The number of hydrogen-bond acceptors (Lipinski definition) is 1. The Morgan fingerprint density at radius 2 is 1.35 bits per heavy atom. The predicted octanol–water partition coefficient (Wildman–Crippen LogP) is 8.05. The Morgan fingerprint density at radius 3 is 1.77 bits per heavy atom. The first-order valence-electron chi connectivity index (χ1n) is 11.4. The molecular weight excluding hydrogens is 314 g/mol. The summed E-state index contributed by atoms with van der Waals surface area (Å²) in [4.78, 5) is 2.72. The average molecular weight is 360 g/mol. The molecule has 0 spiro atoms. The lowest BCUT2D eigenvalue weighted by molar-refractivity contribution is 0.403. The minimum atomic E-state index is 0.598. The van der Waals surface area contributed by atoms with E-state index in [0.29, 0.717) is 5.92 Å². The highest BCUT2D eigenvalue weighted by Gasteiger charge is 2.18. The molecule has 0 radical (unpaired) electrons. The first-order valence-corrected chi connectivity index (χ1v) is 11.4. The molecule has 26 heavy (non-hydrogen) atoms. The fourth-order valence-corrected chi connectivity index (χ4v) is 3.82. The average Bonchev–Trinajstić information content (AvgIpc) is 2.66. The maximum atomic E-state index is 2.72. The van der Waals surface area contributed by atoms with Crippen LogP contribution in [0.1, 0.15) is 104 Å². The monoisotopic (exact) mass is 359 g/mol. The lowest BCUT2D eigenvalue weighted by atomic mass is 9.94. The Labute approximate surface area is 164 Å². The van der Waals surface area contributed by atoms with Crippen molar-refractivity contribution in [1.82, 2.24) is 0 Å². The molecule has 0 saturated carbocycles. The van der Waals surface area contributed by atoms with E-state index in [1.807, 2.05) is 0 Å². The molecule has 0 aliphatic heterocycles. The van der Waals surface area contributed by atoms with Gasteiger partial charge in [0.15, 0.2) is 0 Å². The molecule has 1 nitrogen and oxygen atoms in total. The molecule has 0 aliphatic carbocycles. The highest BCUT2D eigenvalue weighted by atomic mass is 15.1. The molecule has 150 valence electrons. The van der Waals surface area contributed by atoms with Gasteiger partial charge < -0.3 is 4.90 Å². The standard InChI is InChI=1S/C25H45N/c1-7-11-14-22(9-3)19-26(20-23(10-4)15-12-8-2)25-17-13-16-24(18-25)21(5)6/h13,16-18,21-23H,7-12,14-15,19-20H2,1-6H3. The van der Waals surface area contributed by atoms with Crippen LogP contribution < -0.4 is 4.90 Å². The van der Waals surface area contributed by atoms with E-state index in [1.54, 1.807) is 0 Å². The van der Waals surface area contributed by atoms with Gasteiger partial charge in [0.2, 0.25) is 0 Å². The highest BCUT2D eigenvalue weighted by Crippen LogP contribution is 2.26.